The van der Waals surface area contributed by atoms with E-state index in [0.29, 0.717) is 11.6 Å². The van der Waals surface area contributed by atoms with Gasteiger partial charge in [0, 0.05) is 11.4 Å². The van der Waals surface area contributed by atoms with E-state index in [1.807, 2.05) is 16.8 Å². The molecule has 0 aliphatic rings. The molecule has 0 spiro atoms. The van der Waals surface area contributed by atoms with E-state index in [2.05, 4.69) is 20.7 Å². The van der Waals surface area contributed by atoms with Crippen LogP contribution in [0.5, 0.6) is 0 Å². The third kappa shape index (κ3) is 2.33. The number of hydrogen-bond acceptors (Lipinski definition) is 7. The first-order valence-electron chi connectivity index (χ1n) is 4.18. The van der Waals surface area contributed by atoms with Gasteiger partial charge < -0.3 is 16.5 Å². The van der Waals surface area contributed by atoms with Crippen LogP contribution in [0.4, 0.5) is 23.3 Å². The van der Waals surface area contributed by atoms with Crippen LogP contribution in [0.2, 0.25) is 0 Å². The molecular weight excluding hydrogens is 212 g/mol. The molecule has 0 radical (unpaired) electrons. The van der Waals surface area contributed by atoms with Gasteiger partial charge in [0.25, 0.3) is 0 Å². The molecule has 0 atom stereocenters. The third-order valence-corrected chi connectivity index (χ3v) is 2.37. The van der Waals surface area contributed by atoms with Crippen molar-refractivity contribution in [1.29, 1.82) is 0 Å². The van der Waals surface area contributed by atoms with Crippen LogP contribution >= 0.6 is 11.3 Å². The first-order chi connectivity index (χ1) is 7.28. The van der Waals surface area contributed by atoms with E-state index in [1.165, 1.54) is 0 Å². The van der Waals surface area contributed by atoms with Crippen molar-refractivity contribution in [3.63, 3.8) is 0 Å². The second-order valence-electron chi connectivity index (χ2n) is 2.78. The number of anilines is 4. The molecule has 0 fully saturated rings. The summed E-state index contributed by atoms with van der Waals surface area (Å²) in [5.74, 6) is 6.49. The van der Waals surface area contributed by atoms with E-state index < -0.39 is 0 Å². The Balaban J connectivity index is 2.24. The van der Waals surface area contributed by atoms with E-state index in [1.54, 1.807) is 17.4 Å². The average molecular weight is 222 g/mol. The van der Waals surface area contributed by atoms with E-state index in [4.69, 9.17) is 11.6 Å². The van der Waals surface area contributed by atoms with Gasteiger partial charge >= 0.3 is 0 Å². The summed E-state index contributed by atoms with van der Waals surface area (Å²) in [7, 11) is 0. The fraction of sp³-hybridized carbons (Fsp3) is 0. The summed E-state index contributed by atoms with van der Waals surface area (Å²) >= 11 is 1.60. The molecule has 2 aromatic rings. The molecule has 2 heterocycles. The lowest BCUT2D eigenvalue weighted by Gasteiger charge is -2.05. The van der Waals surface area contributed by atoms with Gasteiger partial charge in [0.15, 0.2) is 0 Å². The van der Waals surface area contributed by atoms with Gasteiger partial charge in [-0.1, -0.05) is 0 Å². The van der Waals surface area contributed by atoms with Crippen LogP contribution in [0.3, 0.4) is 0 Å². The van der Waals surface area contributed by atoms with Crippen LogP contribution in [0.25, 0.3) is 0 Å². The fourth-order valence-electron chi connectivity index (χ4n) is 1.09. The largest absolute Gasteiger partial charge is 0.368 e. The van der Waals surface area contributed by atoms with E-state index in [0.717, 1.165) is 5.69 Å². The molecule has 0 saturated carbocycles. The zero-order valence-corrected chi connectivity index (χ0v) is 8.58. The zero-order chi connectivity index (χ0) is 10.7. The molecule has 78 valence electrons. The second kappa shape index (κ2) is 4.11. The molecule has 0 aromatic carbocycles. The van der Waals surface area contributed by atoms with Gasteiger partial charge in [-0.2, -0.15) is 21.3 Å². The van der Waals surface area contributed by atoms with Crippen LogP contribution in [0, 0.1) is 0 Å². The lowest BCUT2D eigenvalue weighted by atomic mass is 10.4. The molecule has 2 rings (SSSR count). The summed E-state index contributed by atoms with van der Waals surface area (Å²) in [4.78, 5) is 7.90. The van der Waals surface area contributed by atoms with Crippen molar-refractivity contribution in [2.45, 2.75) is 0 Å². The van der Waals surface area contributed by atoms with Crippen LogP contribution < -0.4 is 22.3 Å². The van der Waals surface area contributed by atoms with Crippen molar-refractivity contribution in [2.75, 3.05) is 16.5 Å². The lowest BCUT2D eigenvalue weighted by Crippen LogP contribution is -2.11. The van der Waals surface area contributed by atoms with Crippen molar-refractivity contribution < 1.29 is 0 Å². The maximum atomic E-state index is 5.51. The summed E-state index contributed by atoms with van der Waals surface area (Å²) < 4.78 is 0. The molecule has 0 aliphatic heterocycles. The van der Waals surface area contributed by atoms with Gasteiger partial charge in [-0.3, -0.25) is 0 Å². The minimum atomic E-state index is 0.170. The number of nitrogens with zero attached hydrogens (tertiary/aromatic N) is 2. The molecule has 2 aromatic heterocycles. The number of thiophene rings is 1. The van der Waals surface area contributed by atoms with Gasteiger partial charge in [0.2, 0.25) is 5.95 Å². The van der Waals surface area contributed by atoms with Crippen molar-refractivity contribution in [2.24, 2.45) is 5.84 Å². The predicted molar refractivity (Wildman–Crippen MR) is 61.9 cm³/mol. The fourth-order valence-corrected chi connectivity index (χ4v) is 1.68. The SMILES string of the molecule is NNc1cc(Nc2ccsc2)nc(N)n1. The van der Waals surface area contributed by atoms with Gasteiger partial charge in [-0.05, 0) is 11.4 Å². The number of nitrogens with two attached hydrogens (primary N) is 2. The van der Waals surface area contributed by atoms with Crippen LogP contribution in [-0.2, 0) is 0 Å². The maximum absolute atomic E-state index is 5.51. The Kier molecular flexibility index (Phi) is 2.66. The summed E-state index contributed by atoms with van der Waals surface area (Å²) in [5.41, 5.74) is 8.89. The highest BCUT2D eigenvalue weighted by Gasteiger charge is 2.01. The number of nitrogen functional groups attached to an aromatic ring is 2. The highest BCUT2D eigenvalue weighted by molar-refractivity contribution is 7.08. The Morgan fingerprint density at radius 1 is 1.27 bits per heavy atom. The van der Waals surface area contributed by atoms with Crippen LogP contribution in [0.15, 0.2) is 22.9 Å². The smallest absolute Gasteiger partial charge is 0.223 e. The Bertz CT molecular complexity index is 440. The number of hydrazine groups is 1. The van der Waals surface area contributed by atoms with Gasteiger partial charge in [-0.25, -0.2) is 5.84 Å². The van der Waals surface area contributed by atoms with Crippen LogP contribution in [0.1, 0.15) is 0 Å². The van der Waals surface area contributed by atoms with E-state index in [9.17, 15) is 0 Å². The number of rotatable bonds is 3. The van der Waals surface area contributed by atoms with Crippen molar-refractivity contribution in [3.8, 4) is 0 Å². The second-order valence-corrected chi connectivity index (χ2v) is 3.56. The topological polar surface area (TPSA) is 102 Å². The Hall–Kier alpha value is -1.86. The molecule has 0 aliphatic carbocycles. The predicted octanol–water partition coefficient (Wildman–Crippen LogP) is 1.15. The normalized spacial score (nSPS) is 9.93. The van der Waals surface area contributed by atoms with Crippen molar-refractivity contribution >= 4 is 34.6 Å². The Morgan fingerprint density at radius 2 is 2.07 bits per heavy atom. The molecule has 0 saturated heterocycles. The quantitative estimate of drug-likeness (QED) is 0.459. The molecular formula is C8H10N6S. The Morgan fingerprint density at radius 3 is 2.73 bits per heavy atom. The minimum Gasteiger partial charge on any atom is -0.368 e. The monoisotopic (exact) mass is 222 g/mol. The van der Waals surface area contributed by atoms with Crippen molar-refractivity contribution in [3.05, 3.63) is 22.9 Å². The van der Waals surface area contributed by atoms with Gasteiger partial charge in [0.05, 0.1) is 5.69 Å². The highest BCUT2D eigenvalue weighted by atomic mass is 32.1. The number of aromatic nitrogens is 2. The van der Waals surface area contributed by atoms with Crippen LogP contribution in [-0.4, -0.2) is 9.97 Å². The minimum absolute atomic E-state index is 0.170. The molecule has 7 heteroatoms. The van der Waals surface area contributed by atoms with E-state index in [-0.39, 0.29) is 5.95 Å². The summed E-state index contributed by atoms with van der Waals surface area (Å²) in [6, 6.07) is 3.62. The Labute approximate surface area is 90.3 Å². The maximum Gasteiger partial charge on any atom is 0.223 e. The molecule has 6 N–H and O–H groups in total. The third-order valence-electron chi connectivity index (χ3n) is 1.68. The standard InChI is InChI=1S/C8H10N6S/c9-8-12-6(3-7(13-8)14-10)11-5-1-2-15-4-5/h1-4H,10H2,(H4,9,11,12,13,14). The average Bonchev–Trinajstić information content (AvgIpc) is 2.69. The van der Waals surface area contributed by atoms with Gasteiger partial charge in [-0.15, -0.1) is 0 Å². The molecule has 0 amide bonds. The van der Waals surface area contributed by atoms with E-state index >= 15 is 0 Å². The molecule has 6 nitrogen and oxygen atoms in total. The highest BCUT2D eigenvalue weighted by Crippen LogP contribution is 2.19. The number of nitrogens with one attached hydrogen (secondary N) is 2. The molecule has 15 heavy (non-hydrogen) atoms. The summed E-state index contributed by atoms with van der Waals surface area (Å²) in [6.07, 6.45) is 0. The number of hydrogen-bond donors (Lipinski definition) is 4. The first kappa shape index (κ1) is 9.69. The lowest BCUT2D eigenvalue weighted by molar-refractivity contribution is 1.15. The van der Waals surface area contributed by atoms with Gasteiger partial charge in [0.1, 0.15) is 11.6 Å². The summed E-state index contributed by atoms with van der Waals surface area (Å²) in [5, 5.41) is 7.02. The summed E-state index contributed by atoms with van der Waals surface area (Å²) in [6.45, 7) is 0. The zero-order valence-electron chi connectivity index (χ0n) is 7.77. The molecule has 0 bridgehead atoms. The molecule has 0 unspecified atom stereocenters. The van der Waals surface area contributed by atoms with Crippen molar-refractivity contribution in [1.82, 2.24) is 9.97 Å². The first-order valence-corrected chi connectivity index (χ1v) is 5.12.